The summed E-state index contributed by atoms with van der Waals surface area (Å²) in [5, 5.41) is 5.08. The molecule has 4 heteroatoms. The molecule has 0 aliphatic carbocycles. The van der Waals surface area contributed by atoms with Crippen LogP contribution in [0.4, 0.5) is 0 Å². The maximum absolute atomic E-state index is 6.38. The number of rotatable bonds is 14. The maximum atomic E-state index is 6.38. The van der Waals surface area contributed by atoms with Crippen LogP contribution in [0.5, 0.6) is 5.75 Å². The smallest absolute Gasteiger partial charge is 0.188 e. The molecule has 2 unspecified atom stereocenters. The van der Waals surface area contributed by atoms with Crippen LogP contribution in [0.15, 0.2) is 30.3 Å². The van der Waals surface area contributed by atoms with Crippen molar-refractivity contribution in [3.8, 4) is 5.75 Å². The molecule has 0 aliphatic heterocycles. The van der Waals surface area contributed by atoms with Gasteiger partial charge in [0.2, 0.25) is 0 Å². The van der Waals surface area contributed by atoms with Gasteiger partial charge in [0.15, 0.2) is 6.79 Å². The summed E-state index contributed by atoms with van der Waals surface area (Å²) in [4.78, 5) is 0. The second-order valence-electron chi connectivity index (χ2n) is 9.27. The summed E-state index contributed by atoms with van der Waals surface area (Å²) in [5.74, 6) is 1.51. The summed E-state index contributed by atoms with van der Waals surface area (Å²) in [6.45, 7) is 18.1. The van der Waals surface area contributed by atoms with Crippen molar-refractivity contribution in [2.75, 3.05) is 20.4 Å². The van der Waals surface area contributed by atoms with E-state index in [9.17, 15) is 0 Å². The van der Waals surface area contributed by atoms with E-state index in [-0.39, 0.29) is 11.9 Å². The Bertz CT molecular complexity index is 876. The minimum Gasteiger partial charge on any atom is -0.467 e. The van der Waals surface area contributed by atoms with Gasteiger partial charge in [-0.05, 0) is 67.6 Å². The normalized spacial score (nSPS) is 13.1. The molecule has 0 amide bonds. The molecule has 33 heavy (non-hydrogen) atoms. The van der Waals surface area contributed by atoms with Gasteiger partial charge in [0.1, 0.15) is 5.75 Å². The molecular weight excluding hydrogens is 425 g/mol. The largest absolute Gasteiger partial charge is 0.467 e. The highest BCUT2D eigenvalue weighted by Crippen LogP contribution is 2.52. The van der Waals surface area contributed by atoms with Crippen LogP contribution in [0.2, 0.25) is 0 Å². The van der Waals surface area contributed by atoms with E-state index < -0.39 is 0 Å². The summed E-state index contributed by atoms with van der Waals surface area (Å²) in [6, 6.07) is 11.5. The first-order valence-corrected chi connectivity index (χ1v) is 13.7. The van der Waals surface area contributed by atoms with E-state index in [1.54, 1.807) is 7.11 Å². The molecule has 2 rings (SSSR count). The lowest BCUT2D eigenvalue weighted by atomic mass is 9.85. The summed E-state index contributed by atoms with van der Waals surface area (Å²) in [6.07, 6.45) is 4.47. The molecule has 2 aromatic carbocycles. The van der Waals surface area contributed by atoms with Crippen LogP contribution in [0.25, 0.3) is 0 Å². The predicted octanol–water partition coefficient (Wildman–Crippen LogP) is 7.32. The van der Waals surface area contributed by atoms with Gasteiger partial charge >= 0.3 is 0 Å². The summed E-state index contributed by atoms with van der Waals surface area (Å²) in [5.41, 5.74) is 6.83. The van der Waals surface area contributed by atoms with Crippen LogP contribution < -0.4 is 15.4 Å². The van der Waals surface area contributed by atoms with Crippen molar-refractivity contribution in [2.45, 2.75) is 91.8 Å². The van der Waals surface area contributed by atoms with Crippen LogP contribution in [-0.2, 0) is 16.4 Å². The third-order valence-electron chi connectivity index (χ3n) is 6.85. The Morgan fingerprint density at radius 3 is 2.39 bits per heavy atom. The number of hydrogen-bond acceptors (Lipinski definition) is 3. The standard InChI is InChI=1S/C29H46NO2P/c1-9-14-22(6)25-17-21(5)18-26(27(25)32-20-31-8)29(10-2,11-3)33-28-23(7)15-13-16-24(28)19-30-12-4/h13,15-18,22,30,33H,9-12,14,19-20H2,1-8H3. The number of nitrogens with one attached hydrogen (secondary N) is 1. The molecule has 0 bridgehead atoms. The van der Waals surface area contributed by atoms with Crippen LogP contribution in [0.1, 0.15) is 94.0 Å². The van der Waals surface area contributed by atoms with E-state index in [4.69, 9.17) is 9.47 Å². The molecule has 0 radical (unpaired) electrons. The lowest BCUT2D eigenvalue weighted by Crippen LogP contribution is -2.27. The highest BCUT2D eigenvalue weighted by molar-refractivity contribution is 7.48. The van der Waals surface area contributed by atoms with Gasteiger partial charge in [-0.1, -0.05) is 85.5 Å². The zero-order valence-electron chi connectivity index (χ0n) is 22.2. The molecule has 1 N–H and O–H groups in total. The van der Waals surface area contributed by atoms with Gasteiger partial charge in [-0.2, -0.15) is 0 Å². The maximum Gasteiger partial charge on any atom is 0.188 e. The summed E-state index contributed by atoms with van der Waals surface area (Å²) >= 11 is 0. The molecule has 0 fully saturated rings. The van der Waals surface area contributed by atoms with E-state index in [2.05, 4.69) is 84.1 Å². The summed E-state index contributed by atoms with van der Waals surface area (Å²) in [7, 11) is 2.39. The molecular formula is C29H46NO2P. The first kappa shape index (κ1) is 27.8. The van der Waals surface area contributed by atoms with E-state index >= 15 is 0 Å². The van der Waals surface area contributed by atoms with E-state index in [0.717, 1.165) is 38.1 Å². The van der Waals surface area contributed by atoms with Crippen molar-refractivity contribution >= 4 is 13.9 Å². The van der Waals surface area contributed by atoms with Gasteiger partial charge in [-0.25, -0.2) is 0 Å². The SMILES string of the molecule is CCCC(C)c1cc(C)cc(C(CC)(CC)Pc2c(C)cccc2CNCC)c1OCOC. The third-order valence-corrected chi connectivity index (χ3v) is 9.27. The lowest BCUT2D eigenvalue weighted by Gasteiger charge is -2.37. The van der Waals surface area contributed by atoms with Crippen LogP contribution in [0.3, 0.4) is 0 Å². The minimum atomic E-state index is 0.0306. The van der Waals surface area contributed by atoms with Crippen molar-refractivity contribution in [1.29, 1.82) is 0 Å². The quantitative estimate of drug-likeness (QED) is 0.231. The first-order valence-electron chi connectivity index (χ1n) is 12.7. The Morgan fingerprint density at radius 2 is 1.79 bits per heavy atom. The fourth-order valence-corrected chi connectivity index (χ4v) is 6.58. The number of hydrogen-bond donors (Lipinski definition) is 1. The van der Waals surface area contributed by atoms with Gasteiger partial charge in [0.25, 0.3) is 0 Å². The highest BCUT2D eigenvalue weighted by Gasteiger charge is 2.35. The predicted molar refractivity (Wildman–Crippen MR) is 146 cm³/mol. The average Bonchev–Trinajstić information content (AvgIpc) is 2.81. The Hall–Kier alpha value is -1.41. The monoisotopic (exact) mass is 471 g/mol. The first-order chi connectivity index (χ1) is 15.9. The molecule has 0 heterocycles. The number of ether oxygens (including phenoxy) is 2. The topological polar surface area (TPSA) is 30.5 Å². The van der Waals surface area contributed by atoms with Crippen LogP contribution in [0, 0.1) is 13.8 Å². The second kappa shape index (κ2) is 13.5. The number of methoxy groups -OCH3 is 1. The molecule has 2 aromatic rings. The second-order valence-corrected chi connectivity index (χ2v) is 11.0. The molecule has 2 atom stereocenters. The van der Waals surface area contributed by atoms with Crippen molar-refractivity contribution in [1.82, 2.24) is 5.32 Å². The van der Waals surface area contributed by atoms with Crippen molar-refractivity contribution in [3.05, 3.63) is 58.1 Å². The van der Waals surface area contributed by atoms with Gasteiger partial charge in [0.05, 0.1) is 0 Å². The van der Waals surface area contributed by atoms with Crippen LogP contribution >= 0.6 is 8.58 Å². The molecule has 0 aliphatic rings. The fraction of sp³-hybridized carbons (Fsp3) is 0.586. The average molecular weight is 472 g/mol. The van der Waals surface area contributed by atoms with Gasteiger partial charge in [0, 0.05) is 24.4 Å². The molecule has 0 saturated heterocycles. The van der Waals surface area contributed by atoms with E-state index in [1.165, 1.54) is 39.5 Å². The summed E-state index contributed by atoms with van der Waals surface area (Å²) < 4.78 is 11.8. The Morgan fingerprint density at radius 1 is 1.06 bits per heavy atom. The van der Waals surface area contributed by atoms with Crippen molar-refractivity contribution in [3.63, 3.8) is 0 Å². The number of benzene rings is 2. The van der Waals surface area contributed by atoms with Crippen molar-refractivity contribution in [2.24, 2.45) is 0 Å². The molecule has 3 nitrogen and oxygen atoms in total. The van der Waals surface area contributed by atoms with E-state index in [0.29, 0.717) is 14.5 Å². The molecule has 0 spiro atoms. The highest BCUT2D eigenvalue weighted by atomic mass is 31.1. The lowest BCUT2D eigenvalue weighted by molar-refractivity contribution is 0.0489. The van der Waals surface area contributed by atoms with Gasteiger partial charge in [-0.15, -0.1) is 0 Å². The number of aryl methyl sites for hydroxylation is 2. The fourth-order valence-electron chi connectivity index (χ4n) is 4.82. The van der Waals surface area contributed by atoms with Crippen LogP contribution in [-0.4, -0.2) is 20.4 Å². The third kappa shape index (κ3) is 6.81. The van der Waals surface area contributed by atoms with Gasteiger partial charge in [-0.3, -0.25) is 0 Å². The van der Waals surface area contributed by atoms with Gasteiger partial charge < -0.3 is 14.8 Å². The van der Waals surface area contributed by atoms with Crippen molar-refractivity contribution < 1.29 is 9.47 Å². The Kier molecular flexibility index (Phi) is 11.4. The zero-order valence-corrected chi connectivity index (χ0v) is 23.2. The molecule has 0 aromatic heterocycles. The minimum absolute atomic E-state index is 0.0306. The molecule has 184 valence electrons. The molecule has 0 saturated carbocycles. The zero-order chi connectivity index (χ0) is 24.4. The Labute approximate surface area is 204 Å². The Balaban J connectivity index is 2.69. The van der Waals surface area contributed by atoms with E-state index in [1.807, 2.05) is 0 Å².